The third-order valence-electron chi connectivity index (χ3n) is 5.54. The predicted molar refractivity (Wildman–Crippen MR) is 112 cm³/mol. The molecule has 1 fully saturated rings. The molecule has 1 saturated heterocycles. The Labute approximate surface area is 171 Å². The highest BCUT2D eigenvalue weighted by Crippen LogP contribution is 2.25. The highest BCUT2D eigenvalue weighted by Gasteiger charge is 2.27. The highest BCUT2D eigenvalue weighted by molar-refractivity contribution is 5.79. The van der Waals surface area contributed by atoms with E-state index < -0.39 is 0 Å². The normalized spacial score (nSPS) is 16.2. The summed E-state index contributed by atoms with van der Waals surface area (Å²) in [5, 5.41) is 0. The summed E-state index contributed by atoms with van der Waals surface area (Å²) in [6, 6.07) is 11.7. The smallest absolute Gasteiger partial charge is 0.227 e. The lowest BCUT2D eigenvalue weighted by atomic mass is 10.1. The van der Waals surface area contributed by atoms with E-state index in [4.69, 9.17) is 4.74 Å². The molecule has 6 heteroatoms. The molecule has 1 aromatic carbocycles. The number of aryl methyl sites for hydroxylation is 1. The van der Waals surface area contributed by atoms with Gasteiger partial charge in [-0.2, -0.15) is 0 Å². The summed E-state index contributed by atoms with van der Waals surface area (Å²) in [5.74, 6) is 2.33. The Morgan fingerprint density at radius 1 is 1.24 bits per heavy atom. The Morgan fingerprint density at radius 3 is 2.93 bits per heavy atom. The second-order valence-corrected chi connectivity index (χ2v) is 7.60. The Bertz CT molecular complexity index is 984. The number of pyridine rings is 1. The van der Waals surface area contributed by atoms with E-state index in [0.717, 1.165) is 54.4 Å². The lowest BCUT2D eigenvalue weighted by molar-refractivity contribution is -0.129. The average molecular weight is 390 g/mol. The fourth-order valence-corrected chi connectivity index (χ4v) is 3.95. The molecule has 0 spiro atoms. The molecule has 1 aliphatic heterocycles. The van der Waals surface area contributed by atoms with Crippen LogP contribution in [0.25, 0.3) is 11.4 Å². The van der Waals surface area contributed by atoms with Crippen LogP contribution in [-0.2, 0) is 17.8 Å². The molecule has 6 nitrogen and oxygen atoms in total. The Balaban J connectivity index is 1.41. The van der Waals surface area contributed by atoms with Crippen molar-refractivity contribution in [2.75, 3.05) is 20.2 Å². The van der Waals surface area contributed by atoms with Crippen molar-refractivity contribution in [3.63, 3.8) is 0 Å². The molecule has 0 saturated carbocycles. The van der Waals surface area contributed by atoms with Crippen LogP contribution in [0, 0.1) is 12.8 Å². The number of amides is 1. The molecule has 29 heavy (non-hydrogen) atoms. The summed E-state index contributed by atoms with van der Waals surface area (Å²) in [6.07, 6.45) is 6.94. The molecule has 1 atom stereocenters. The quantitative estimate of drug-likeness (QED) is 0.648. The first-order chi connectivity index (χ1) is 14.1. The van der Waals surface area contributed by atoms with E-state index in [-0.39, 0.29) is 5.91 Å². The van der Waals surface area contributed by atoms with Gasteiger partial charge in [-0.1, -0.05) is 12.1 Å². The second-order valence-electron chi connectivity index (χ2n) is 7.60. The van der Waals surface area contributed by atoms with Crippen LogP contribution < -0.4 is 4.74 Å². The first-order valence-corrected chi connectivity index (χ1v) is 9.97. The van der Waals surface area contributed by atoms with Crippen LogP contribution in [0.2, 0.25) is 0 Å². The molecule has 0 bridgehead atoms. The number of imidazole rings is 1. The third kappa shape index (κ3) is 4.31. The van der Waals surface area contributed by atoms with Crippen molar-refractivity contribution >= 4 is 5.91 Å². The van der Waals surface area contributed by atoms with Crippen molar-refractivity contribution in [1.82, 2.24) is 19.4 Å². The Kier molecular flexibility index (Phi) is 5.60. The van der Waals surface area contributed by atoms with Gasteiger partial charge in [0.2, 0.25) is 5.91 Å². The Hall–Kier alpha value is -3.15. The SMILES string of the molecule is COc1cccc(CC(=O)N2CCC(Cn3c(C)cnc3-c3cccnc3)C2)c1. The summed E-state index contributed by atoms with van der Waals surface area (Å²) in [5.41, 5.74) is 3.14. The maximum absolute atomic E-state index is 12.8. The first kappa shape index (κ1) is 19.2. The number of likely N-dealkylation sites (tertiary alicyclic amines) is 1. The zero-order valence-electron chi connectivity index (χ0n) is 16.9. The average Bonchev–Trinajstić information content (AvgIpc) is 3.36. The first-order valence-electron chi connectivity index (χ1n) is 9.97. The van der Waals surface area contributed by atoms with Gasteiger partial charge in [0.05, 0.1) is 13.5 Å². The minimum Gasteiger partial charge on any atom is -0.497 e. The van der Waals surface area contributed by atoms with Gasteiger partial charge in [-0.3, -0.25) is 9.78 Å². The molecule has 4 rings (SSSR count). The van der Waals surface area contributed by atoms with Gasteiger partial charge in [-0.05, 0) is 49.1 Å². The number of hydrogen-bond donors (Lipinski definition) is 0. The fraction of sp³-hybridized carbons (Fsp3) is 0.348. The molecule has 2 aromatic heterocycles. The van der Waals surface area contributed by atoms with E-state index >= 15 is 0 Å². The number of nitrogens with zero attached hydrogens (tertiary/aromatic N) is 4. The highest BCUT2D eigenvalue weighted by atomic mass is 16.5. The third-order valence-corrected chi connectivity index (χ3v) is 5.54. The number of methoxy groups -OCH3 is 1. The zero-order valence-corrected chi connectivity index (χ0v) is 16.9. The summed E-state index contributed by atoms with van der Waals surface area (Å²) < 4.78 is 7.51. The molecular formula is C23H26N4O2. The van der Waals surface area contributed by atoms with Gasteiger partial charge in [0.1, 0.15) is 11.6 Å². The van der Waals surface area contributed by atoms with Gasteiger partial charge >= 0.3 is 0 Å². The van der Waals surface area contributed by atoms with E-state index in [1.807, 2.05) is 53.7 Å². The van der Waals surface area contributed by atoms with Crippen molar-refractivity contribution in [2.24, 2.45) is 5.92 Å². The van der Waals surface area contributed by atoms with Crippen LogP contribution >= 0.6 is 0 Å². The lowest BCUT2D eigenvalue weighted by Gasteiger charge is -2.18. The molecule has 150 valence electrons. The van der Waals surface area contributed by atoms with Crippen LogP contribution in [0.4, 0.5) is 0 Å². The van der Waals surface area contributed by atoms with Crippen molar-refractivity contribution in [2.45, 2.75) is 26.3 Å². The lowest BCUT2D eigenvalue weighted by Crippen LogP contribution is -2.30. The van der Waals surface area contributed by atoms with Gasteiger partial charge < -0.3 is 14.2 Å². The van der Waals surface area contributed by atoms with Crippen LogP contribution in [0.1, 0.15) is 17.7 Å². The van der Waals surface area contributed by atoms with E-state index in [0.29, 0.717) is 12.3 Å². The number of aromatic nitrogens is 3. The summed E-state index contributed by atoms with van der Waals surface area (Å²) in [7, 11) is 1.64. The fourth-order valence-electron chi connectivity index (χ4n) is 3.95. The predicted octanol–water partition coefficient (Wildman–Crippen LogP) is 3.35. The minimum absolute atomic E-state index is 0.176. The van der Waals surface area contributed by atoms with Gasteiger partial charge in [0, 0.05) is 49.5 Å². The molecule has 0 N–H and O–H groups in total. The van der Waals surface area contributed by atoms with Crippen LogP contribution in [0.3, 0.4) is 0 Å². The van der Waals surface area contributed by atoms with Crippen molar-refractivity contribution in [1.29, 1.82) is 0 Å². The van der Waals surface area contributed by atoms with Crippen molar-refractivity contribution in [3.05, 3.63) is 66.2 Å². The van der Waals surface area contributed by atoms with Gasteiger partial charge in [0.25, 0.3) is 0 Å². The van der Waals surface area contributed by atoms with Crippen LogP contribution in [-0.4, -0.2) is 45.5 Å². The number of rotatable bonds is 6. The van der Waals surface area contributed by atoms with Crippen LogP contribution in [0.15, 0.2) is 55.0 Å². The number of benzene rings is 1. The molecule has 3 aromatic rings. The van der Waals surface area contributed by atoms with Crippen molar-refractivity contribution in [3.8, 4) is 17.1 Å². The van der Waals surface area contributed by atoms with E-state index in [9.17, 15) is 4.79 Å². The van der Waals surface area contributed by atoms with E-state index in [1.54, 1.807) is 13.3 Å². The number of carbonyl (C=O) groups is 1. The summed E-state index contributed by atoms with van der Waals surface area (Å²) in [6.45, 7) is 4.53. The second kappa shape index (κ2) is 8.47. The maximum atomic E-state index is 12.8. The molecule has 1 amide bonds. The molecule has 3 heterocycles. The molecular weight excluding hydrogens is 364 g/mol. The van der Waals surface area contributed by atoms with Gasteiger partial charge in [-0.15, -0.1) is 0 Å². The number of hydrogen-bond acceptors (Lipinski definition) is 4. The maximum Gasteiger partial charge on any atom is 0.227 e. The largest absolute Gasteiger partial charge is 0.497 e. The summed E-state index contributed by atoms with van der Waals surface area (Å²) >= 11 is 0. The van der Waals surface area contributed by atoms with Crippen molar-refractivity contribution < 1.29 is 9.53 Å². The molecule has 1 aliphatic rings. The van der Waals surface area contributed by atoms with Gasteiger partial charge in [0.15, 0.2) is 0 Å². The number of ether oxygens (including phenoxy) is 1. The monoisotopic (exact) mass is 390 g/mol. The standard InChI is InChI=1S/C23H26N4O2/c1-17-13-25-23(20-6-4-9-24-14-20)27(17)16-19-8-10-26(15-19)22(28)12-18-5-3-7-21(11-18)29-2/h3-7,9,11,13-14,19H,8,10,12,15-16H2,1-2H3. The molecule has 0 radical (unpaired) electrons. The zero-order chi connectivity index (χ0) is 20.2. The minimum atomic E-state index is 0.176. The molecule has 1 unspecified atom stereocenters. The topological polar surface area (TPSA) is 60.2 Å². The van der Waals surface area contributed by atoms with E-state index in [2.05, 4.69) is 21.5 Å². The molecule has 0 aliphatic carbocycles. The Morgan fingerprint density at radius 2 is 2.14 bits per heavy atom. The van der Waals surface area contributed by atoms with E-state index in [1.165, 1.54) is 0 Å². The summed E-state index contributed by atoms with van der Waals surface area (Å²) in [4.78, 5) is 23.6. The van der Waals surface area contributed by atoms with Crippen LogP contribution in [0.5, 0.6) is 5.75 Å². The van der Waals surface area contributed by atoms with Gasteiger partial charge in [-0.25, -0.2) is 4.98 Å². The number of carbonyl (C=O) groups excluding carboxylic acids is 1.